The first-order chi connectivity index (χ1) is 6.30. The Labute approximate surface area is 89.5 Å². The summed E-state index contributed by atoms with van der Waals surface area (Å²) in [7, 11) is 0. The lowest BCUT2D eigenvalue weighted by Crippen LogP contribution is -2.36. The first-order valence-corrected chi connectivity index (χ1v) is 5.93. The van der Waals surface area contributed by atoms with Crippen molar-refractivity contribution in [1.82, 2.24) is 0 Å². The van der Waals surface area contributed by atoms with Crippen molar-refractivity contribution in [2.75, 3.05) is 5.73 Å². The quantitative estimate of drug-likeness (QED) is 0.703. The number of nitrogens with one attached hydrogen (secondary N) is 1. The van der Waals surface area contributed by atoms with Crippen molar-refractivity contribution in [2.45, 2.75) is 46.0 Å². The topological polar surface area (TPSA) is 40.2 Å². The lowest BCUT2D eigenvalue weighted by molar-refractivity contribution is -0.370. The number of nitrogen functional groups attached to an aromatic ring is 1. The summed E-state index contributed by atoms with van der Waals surface area (Å²) in [6.07, 6.45) is 2.36. The summed E-state index contributed by atoms with van der Waals surface area (Å²) < 4.78 is 0. The molecule has 2 rings (SSSR count). The van der Waals surface area contributed by atoms with Gasteiger partial charge in [-0.2, -0.15) is 0 Å². The first kappa shape index (κ1) is 9.97. The number of hydrogen-bond acceptors (Lipinski definition) is 2. The number of fused-ring (bicyclic) bond motifs is 1. The second kappa shape index (κ2) is 2.72. The van der Waals surface area contributed by atoms with Crippen molar-refractivity contribution >= 4 is 16.5 Å². The minimum Gasteiger partial charge on any atom is -0.278 e. The average Bonchev–Trinajstić information content (AvgIpc) is 2.25. The predicted molar refractivity (Wildman–Crippen MR) is 60.4 cm³/mol. The SMILES string of the molecule is CC1(C)Cc2[nH+]c(N)sc2C(C)(C)C1. The van der Waals surface area contributed by atoms with Crippen LogP contribution in [0.5, 0.6) is 0 Å². The van der Waals surface area contributed by atoms with Crippen LogP contribution in [-0.2, 0) is 11.8 Å². The fourth-order valence-electron chi connectivity index (χ4n) is 2.89. The Morgan fingerprint density at radius 1 is 1.29 bits per heavy atom. The molecule has 0 atom stereocenters. The molecule has 78 valence electrons. The molecule has 2 nitrogen and oxygen atoms in total. The van der Waals surface area contributed by atoms with E-state index in [1.165, 1.54) is 17.0 Å². The molecule has 0 saturated heterocycles. The van der Waals surface area contributed by atoms with Gasteiger partial charge in [0.15, 0.2) is 0 Å². The maximum absolute atomic E-state index is 5.83. The minimum atomic E-state index is 0.274. The van der Waals surface area contributed by atoms with Gasteiger partial charge in [-0.05, 0) is 11.8 Å². The highest BCUT2D eigenvalue weighted by molar-refractivity contribution is 7.15. The van der Waals surface area contributed by atoms with E-state index < -0.39 is 0 Å². The summed E-state index contributed by atoms with van der Waals surface area (Å²) in [6, 6.07) is 0. The van der Waals surface area contributed by atoms with Gasteiger partial charge in [-0.25, -0.2) is 4.98 Å². The molecule has 1 aliphatic carbocycles. The third-order valence-electron chi connectivity index (χ3n) is 2.95. The molecule has 0 amide bonds. The van der Waals surface area contributed by atoms with Crippen LogP contribution in [-0.4, -0.2) is 0 Å². The summed E-state index contributed by atoms with van der Waals surface area (Å²) >= 11 is 1.72. The molecule has 0 aromatic carbocycles. The molecule has 0 fully saturated rings. The molecular weight excluding hydrogens is 192 g/mol. The Morgan fingerprint density at radius 3 is 2.57 bits per heavy atom. The maximum Gasteiger partial charge on any atom is 0.329 e. The van der Waals surface area contributed by atoms with Crippen molar-refractivity contribution in [1.29, 1.82) is 0 Å². The Hall–Kier alpha value is -0.570. The number of rotatable bonds is 0. The molecular formula is C11H19N2S+. The molecule has 0 unspecified atom stereocenters. The van der Waals surface area contributed by atoms with Gasteiger partial charge in [0.1, 0.15) is 5.69 Å². The molecule has 1 aliphatic rings. The molecule has 0 aliphatic heterocycles. The first-order valence-electron chi connectivity index (χ1n) is 5.11. The Kier molecular flexibility index (Phi) is 1.94. The van der Waals surface area contributed by atoms with E-state index in [4.69, 9.17) is 5.73 Å². The zero-order chi connectivity index (χ0) is 10.6. The van der Waals surface area contributed by atoms with Gasteiger partial charge >= 0.3 is 5.13 Å². The largest absolute Gasteiger partial charge is 0.329 e. The number of aromatic nitrogens is 1. The van der Waals surface area contributed by atoms with E-state index in [1.54, 1.807) is 11.3 Å². The van der Waals surface area contributed by atoms with Crippen LogP contribution in [0.2, 0.25) is 0 Å². The maximum atomic E-state index is 5.83. The van der Waals surface area contributed by atoms with Gasteiger partial charge in [0.05, 0.1) is 4.88 Å². The fraction of sp³-hybridized carbons (Fsp3) is 0.727. The number of thiazole rings is 1. The molecule has 0 spiro atoms. The third kappa shape index (κ3) is 1.54. The average molecular weight is 211 g/mol. The molecule has 1 aromatic rings. The zero-order valence-corrected chi connectivity index (χ0v) is 10.2. The van der Waals surface area contributed by atoms with Gasteiger partial charge in [-0.15, -0.1) is 0 Å². The number of nitrogens with two attached hydrogens (primary N) is 1. The summed E-state index contributed by atoms with van der Waals surface area (Å²) in [4.78, 5) is 4.76. The van der Waals surface area contributed by atoms with Gasteiger partial charge in [0.25, 0.3) is 0 Å². The molecule has 3 heteroatoms. The van der Waals surface area contributed by atoms with Crippen molar-refractivity contribution in [3.63, 3.8) is 0 Å². The van der Waals surface area contributed by atoms with Crippen LogP contribution < -0.4 is 10.7 Å². The van der Waals surface area contributed by atoms with Gasteiger partial charge in [0.2, 0.25) is 0 Å². The summed E-state index contributed by atoms with van der Waals surface area (Å²) in [6.45, 7) is 9.30. The highest BCUT2D eigenvalue weighted by Gasteiger charge is 2.41. The molecule has 3 N–H and O–H groups in total. The molecule has 0 radical (unpaired) electrons. The third-order valence-corrected chi connectivity index (χ3v) is 4.28. The van der Waals surface area contributed by atoms with Crippen LogP contribution in [0.4, 0.5) is 5.13 Å². The Morgan fingerprint density at radius 2 is 1.93 bits per heavy atom. The fourth-order valence-corrected chi connectivity index (χ4v) is 3.88. The standard InChI is InChI=1S/C11H18N2S/c1-10(2)5-7-8(11(3,4)6-10)14-9(12)13-7/h5-6H2,1-4H3,(H2,12,13)/p+1. The highest BCUT2D eigenvalue weighted by Crippen LogP contribution is 2.46. The summed E-state index contributed by atoms with van der Waals surface area (Å²) in [5.41, 5.74) is 7.85. The number of anilines is 1. The normalized spacial score (nSPS) is 23.1. The van der Waals surface area contributed by atoms with Crippen LogP contribution in [0.25, 0.3) is 0 Å². The van der Waals surface area contributed by atoms with E-state index >= 15 is 0 Å². The summed E-state index contributed by atoms with van der Waals surface area (Å²) in [5.74, 6) is 0. The van der Waals surface area contributed by atoms with E-state index in [1.807, 2.05) is 0 Å². The number of hydrogen-bond donors (Lipinski definition) is 1. The lowest BCUT2D eigenvalue weighted by Gasteiger charge is -2.38. The van der Waals surface area contributed by atoms with Crippen LogP contribution in [0, 0.1) is 5.41 Å². The van der Waals surface area contributed by atoms with Crippen LogP contribution >= 0.6 is 11.3 Å². The lowest BCUT2D eigenvalue weighted by atomic mass is 9.67. The van der Waals surface area contributed by atoms with Crippen LogP contribution in [0.15, 0.2) is 0 Å². The Bertz CT molecular complexity index is 363. The Balaban J connectivity index is 2.52. The molecule has 0 saturated carbocycles. The molecule has 1 aromatic heterocycles. The minimum absolute atomic E-state index is 0.274. The smallest absolute Gasteiger partial charge is 0.278 e. The van der Waals surface area contributed by atoms with E-state index in [-0.39, 0.29) is 5.41 Å². The van der Waals surface area contributed by atoms with Crippen molar-refractivity contribution in [3.05, 3.63) is 10.6 Å². The van der Waals surface area contributed by atoms with Gasteiger partial charge < -0.3 is 0 Å². The van der Waals surface area contributed by atoms with E-state index in [9.17, 15) is 0 Å². The van der Waals surface area contributed by atoms with E-state index in [2.05, 4.69) is 32.7 Å². The zero-order valence-electron chi connectivity index (χ0n) is 9.40. The summed E-state index contributed by atoms with van der Waals surface area (Å²) in [5, 5.41) is 0.848. The molecule has 0 bridgehead atoms. The van der Waals surface area contributed by atoms with Gasteiger partial charge in [0, 0.05) is 11.8 Å². The van der Waals surface area contributed by atoms with Crippen LogP contribution in [0.3, 0.4) is 0 Å². The molecule has 14 heavy (non-hydrogen) atoms. The second-order valence-electron chi connectivity index (χ2n) is 5.80. The number of H-pyrrole nitrogens is 1. The van der Waals surface area contributed by atoms with Gasteiger partial charge in [-0.1, -0.05) is 39.0 Å². The predicted octanol–water partition coefficient (Wildman–Crippen LogP) is 2.39. The van der Waals surface area contributed by atoms with Gasteiger partial charge in [-0.3, -0.25) is 5.73 Å². The van der Waals surface area contributed by atoms with Crippen LogP contribution in [0.1, 0.15) is 44.7 Å². The van der Waals surface area contributed by atoms with E-state index in [0.717, 1.165) is 11.6 Å². The highest BCUT2D eigenvalue weighted by atomic mass is 32.1. The van der Waals surface area contributed by atoms with Crippen molar-refractivity contribution in [2.24, 2.45) is 5.41 Å². The van der Waals surface area contributed by atoms with Crippen molar-refractivity contribution in [3.8, 4) is 0 Å². The second-order valence-corrected chi connectivity index (χ2v) is 6.85. The van der Waals surface area contributed by atoms with Crippen molar-refractivity contribution < 1.29 is 4.98 Å². The molecule has 1 heterocycles. The number of aromatic amines is 1. The monoisotopic (exact) mass is 211 g/mol. The van der Waals surface area contributed by atoms with E-state index in [0.29, 0.717) is 5.41 Å².